The smallest absolute Gasteiger partial charge is 0.274 e. The van der Waals surface area contributed by atoms with Crippen molar-refractivity contribution in [2.75, 3.05) is 0 Å². The van der Waals surface area contributed by atoms with E-state index < -0.39 is 0 Å². The van der Waals surface area contributed by atoms with Crippen LogP contribution in [-0.4, -0.2) is 21.8 Å². The van der Waals surface area contributed by atoms with E-state index in [0.717, 1.165) is 24.4 Å². The number of pyridine rings is 1. The Morgan fingerprint density at radius 3 is 2.71 bits per heavy atom. The van der Waals surface area contributed by atoms with E-state index in [2.05, 4.69) is 11.9 Å². The van der Waals surface area contributed by atoms with Gasteiger partial charge in [0.1, 0.15) is 22.4 Å². The number of rotatable bonds is 5. The van der Waals surface area contributed by atoms with Gasteiger partial charge in [-0.2, -0.15) is 0 Å². The minimum Gasteiger partial charge on any atom is -0.464 e. The van der Waals surface area contributed by atoms with Crippen LogP contribution in [-0.2, 0) is 6.54 Å². The molecule has 2 aliphatic rings. The first kappa shape index (κ1) is 16.0. The molecule has 2 aliphatic carbocycles. The first-order chi connectivity index (χ1) is 11.5. The van der Waals surface area contributed by atoms with Crippen molar-refractivity contribution in [2.45, 2.75) is 44.7 Å². The molecule has 4 nitrogen and oxygen atoms in total. The molecule has 0 aromatic carbocycles. The van der Waals surface area contributed by atoms with Gasteiger partial charge in [0.15, 0.2) is 0 Å². The Bertz CT molecular complexity index is 785. The Balaban J connectivity index is 1.55. The summed E-state index contributed by atoms with van der Waals surface area (Å²) in [5.74, 6) is 2.87. The van der Waals surface area contributed by atoms with Crippen LogP contribution in [0, 0.1) is 5.92 Å². The van der Waals surface area contributed by atoms with Gasteiger partial charge in [0.2, 0.25) is 0 Å². The van der Waals surface area contributed by atoms with E-state index in [1.165, 1.54) is 6.42 Å². The van der Waals surface area contributed by atoms with Crippen LogP contribution in [0.1, 0.15) is 54.1 Å². The minimum atomic E-state index is -0.192. The molecule has 24 heavy (non-hydrogen) atoms. The Labute approximate surface area is 150 Å². The second kappa shape index (κ2) is 6.08. The first-order valence-corrected chi connectivity index (χ1v) is 9.00. The Hall–Kier alpha value is -1.52. The summed E-state index contributed by atoms with van der Waals surface area (Å²) in [5.41, 5.74) is 0.207. The number of carbonyl (C=O) groups is 1. The van der Waals surface area contributed by atoms with Crippen LogP contribution in [0.4, 0.5) is 0 Å². The van der Waals surface area contributed by atoms with E-state index in [4.69, 9.17) is 27.6 Å². The van der Waals surface area contributed by atoms with E-state index in [0.29, 0.717) is 23.4 Å². The van der Waals surface area contributed by atoms with Crippen molar-refractivity contribution in [1.29, 1.82) is 0 Å². The quantitative estimate of drug-likeness (QED) is 0.708. The van der Waals surface area contributed by atoms with Crippen LogP contribution in [0.3, 0.4) is 0 Å². The minimum absolute atomic E-state index is 0.192. The summed E-state index contributed by atoms with van der Waals surface area (Å²) in [6, 6.07) is 7.41. The van der Waals surface area contributed by atoms with Crippen LogP contribution >= 0.6 is 23.2 Å². The third-order valence-electron chi connectivity index (χ3n) is 4.75. The normalized spacial score (nSPS) is 22.5. The van der Waals surface area contributed by atoms with Crippen LogP contribution in [0.15, 0.2) is 28.7 Å². The average molecular weight is 365 g/mol. The molecule has 2 heterocycles. The lowest BCUT2D eigenvalue weighted by Gasteiger charge is -2.21. The van der Waals surface area contributed by atoms with Gasteiger partial charge >= 0.3 is 0 Å². The predicted molar refractivity (Wildman–Crippen MR) is 92.4 cm³/mol. The van der Waals surface area contributed by atoms with E-state index in [9.17, 15) is 4.79 Å². The molecule has 0 unspecified atom stereocenters. The highest BCUT2D eigenvalue weighted by atomic mass is 35.5. The van der Waals surface area contributed by atoms with Crippen molar-refractivity contribution in [2.24, 2.45) is 5.92 Å². The van der Waals surface area contributed by atoms with Gasteiger partial charge < -0.3 is 9.32 Å². The van der Waals surface area contributed by atoms with Crippen molar-refractivity contribution >= 4 is 29.1 Å². The summed E-state index contributed by atoms with van der Waals surface area (Å²) < 4.78 is 5.95. The fourth-order valence-electron chi connectivity index (χ4n) is 3.02. The second-order valence-corrected chi connectivity index (χ2v) is 7.55. The predicted octanol–water partition coefficient (Wildman–Crippen LogP) is 4.91. The van der Waals surface area contributed by atoms with E-state index in [1.54, 1.807) is 17.0 Å². The number of amides is 1. The van der Waals surface area contributed by atoms with Gasteiger partial charge in [-0.25, -0.2) is 4.98 Å². The molecule has 6 heteroatoms. The lowest BCUT2D eigenvalue weighted by Crippen LogP contribution is -2.33. The molecule has 4 rings (SSSR count). The molecule has 2 saturated carbocycles. The van der Waals surface area contributed by atoms with Crippen molar-refractivity contribution in [3.05, 3.63) is 51.7 Å². The molecular formula is C18H18Cl2N2O2. The highest BCUT2D eigenvalue weighted by Crippen LogP contribution is 2.47. The van der Waals surface area contributed by atoms with Crippen molar-refractivity contribution in [3.8, 4) is 0 Å². The van der Waals surface area contributed by atoms with Crippen LogP contribution < -0.4 is 0 Å². The monoisotopic (exact) mass is 364 g/mol. The van der Waals surface area contributed by atoms with Gasteiger partial charge in [0.05, 0.1) is 11.6 Å². The summed E-state index contributed by atoms with van der Waals surface area (Å²) in [6.45, 7) is 2.66. The number of nitrogens with zero attached hydrogens (tertiary/aromatic N) is 2. The van der Waals surface area contributed by atoms with Crippen molar-refractivity contribution in [1.82, 2.24) is 9.88 Å². The zero-order valence-electron chi connectivity index (χ0n) is 13.3. The van der Waals surface area contributed by atoms with Gasteiger partial charge in [-0.3, -0.25) is 4.79 Å². The van der Waals surface area contributed by atoms with Gasteiger partial charge in [0.25, 0.3) is 5.91 Å². The molecule has 2 fully saturated rings. The first-order valence-electron chi connectivity index (χ1n) is 8.24. The maximum Gasteiger partial charge on any atom is 0.274 e. The highest BCUT2D eigenvalue weighted by Gasteiger charge is 2.38. The van der Waals surface area contributed by atoms with Crippen molar-refractivity contribution < 1.29 is 9.21 Å². The van der Waals surface area contributed by atoms with E-state index in [-0.39, 0.29) is 22.8 Å². The Morgan fingerprint density at radius 1 is 1.29 bits per heavy atom. The standard InChI is InChI=1S/C18H18Cl2N2O2/c1-10-8-13(10)15-6-4-12(24-15)9-22(11-2-3-11)18(23)17-14(19)5-7-16(20)21-17/h4-7,10-11,13H,2-3,8-9H2,1H3/t10-,13-/m1/s1. The van der Waals surface area contributed by atoms with Gasteiger partial charge in [-0.1, -0.05) is 30.1 Å². The maximum absolute atomic E-state index is 12.9. The third kappa shape index (κ3) is 3.17. The third-order valence-corrected chi connectivity index (χ3v) is 5.26. The van der Waals surface area contributed by atoms with E-state index in [1.807, 2.05) is 12.1 Å². The van der Waals surface area contributed by atoms with Crippen LogP contribution in [0.2, 0.25) is 10.2 Å². The van der Waals surface area contributed by atoms with Gasteiger partial charge in [-0.05, 0) is 49.4 Å². The number of furan rings is 1. The molecule has 0 spiro atoms. The molecular weight excluding hydrogens is 347 g/mol. The second-order valence-electron chi connectivity index (χ2n) is 6.75. The van der Waals surface area contributed by atoms with Crippen LogP contribution in [0.5, 0.6) is 0 Å². The zero-order valence-corrected chi connectivity index (χ0v) is 14.8. The van der Waals surface area contributed by atoms with Gasteiger partial charge in [-0.15, -0.1) is 0 Å². The SMILES string of the molecule is C[C@@H]1C[C@H]1c1ccc(CN(C(=O)c2nc(Cl)ccc2Cl)C2CC2)o1. The molecule has 2 aromatic heterocycles. The Morgan fingerprint density at radius 2 is 2.04 bits per heavy atom. The molecule has 0 bridgehead atoms. The largest absolute Gasteiger partial charge is 0.464 e. The molecule has 1 amide bonds. The fourth-order valence-corrected chi connectivity index (χ4v) is 3.36. The molecule has 0 aliphatic heterocycles. The maximum atomic E-state index is 12.9. The highest BCUT2D eigenvalue weighted by molar-refractivity contribution is 6.34. The fraction of sp³-hybridized carbons (Fsp3) is 0.444. The lowest BCUT2D eigenvalue weighted by molar-refractivity contribution is 0.0711. The molecule has 2 atom stereocenters. The average Bonchev–Trinajstić information content (AvgIpc) is 3.48. The summed E-state index contributed by atoms with van der Waals surface area (Å²) in [4.78, 5) is 18.8. The summed E-state index contributed by atoms with van der Waals surface area (Å²) in [6.07, 6.45) is 3.18. The van der Waals surface area contributed by atoms with Crippen molar-refractivity contribution in [3.63, 3.8) is 0 Å². The topological polar surface area (TPSA) is 46.3 Å². The number of hydrogen-bond donors (Lipinski definition) is 0. The molecule has 126 valence electrons. The molecule has 2 aromatic rings. The number of carbonyl (C=O) groups excluding carboxylic acids is 1. The molecule has 0 saturated heterocycles. The number of aromatic nitrogens is 1. The lowest BCUT2D eigenvalue weighted by atomic mass is 10.2. The number of hydrogen-bond acceptors (Lipinski definition) is 3. The zero-order chi connectivity index (χ0) is 16.8. The summed E-state index contributed by atoms with van der Waals surface area (Å²) in [7, 11) is 0. The van der Waals surface area contributed by atoms with Crippen LogP contribution in [0.25, 0.3) is 0 Å². The molecule has 0 N–H and O–H groups in total. The molecule has 0 radical (unpaired) electrons. The summed E-state index contributed by atoms with van der Waals surface area (Å²) >= 11 is 12.1. The van der Waals surface area contributed by atoms with Gasteiger partial charge in [0, 0.05) is 12.0 Å². The number of halogens is 2. The summed E-state index contributed by atoms with van der Waals surface area (Å²) in [5, 5.41) is 0.587. The van der Waals surface area contributed by atoms with E-state index >= 15 is 0 Å². The Kier molecular flexibility index (Phi) is 4.05.